The van der Waals surface area contributed by atoms with E-state index >= 15 is 0 Å². The predicted molar refractivity (Wildman–Crippen MR) is 70.9 cm³/mol. The SMILES string of the molecule is CC(O)Cc1ccc(OCC2CCOCC2)cc1. The van der Waals surface area contributed by atoms with Crippen molar-refractivity contribution in [2.45, 2.75) is 32.3 Å². The number of hydrogen-bond acceptors (Lipinski definition) is 3. The maximum Gasteiger partial charge on any atom is 0.119 e. The van der Waals surface area contributed by atoms with Crippen LogP contribution in [0.1, 0.15) is 25.3 Å². The second kappa shape index (κ2) is 6.76. The molecule has 0 aromatic heterocycles. The van der Waals surface area contributed by atoms with Crippen LogP contribution in [0.4, 0.5) is 0 Å². The average molecular weight is 250 g/mol. The Hall–Kier alpha value is -1.06. The van der Waals surface area contributed by atoms with Gasteiger partial charge in [0.2, 0.25) is 0 Å². The van der Waals surface area contributed by atoms with Crippen molar-refractivity contribution < 1.29 is 14.6 Å². The van der Waals surface area contributed by atoms with E-state index in [4.69, 9.17) is 9.47 Å². The van der Waals surface area contributed by atoms with Gasteiger partial charge in [-0.05, 0) is 49.8 Å². The lowest BCUT2D eigenvalue weighted by atomic mass is 10.0. The lowest BCUT2D eigenvalue weighted by Gasteiger charge is -2.22. The fourth-order valence-electron chi connectivity index (χ4n) is 2.19. The second-order valence-corrected chi connectivity index (χ2v) is 5.06. The van der Waals surface area contributed by atoms with E-state index in [0.717, 1.165) is 44.0 Å². The Morgan fingerprint density at radius 2 is 1.94 bits per heavy atom. The van der Waals surface area contributed by atoms with Crippen LogP contribution in [0.2, 0.25) is 0 Å². The van der Waals surface area contributed by atoms with Gasteiger partial charge in [0.25, 0.3) is 0 Å². The largest absolute Gasteiger partial charge is 0.493 e. The molecule has 18 heavy (non-hydrogen) atoms. The quantitative estimate of drug-likeness (QED) is 0.872. The van der Waals surface area contributed by atoms with E-state index in [1.54, 1.807) is 6.92 Å². The maximum atomic E-state index is 9.31. The van der Waals surface area contributed by atoms with Crippen molar-refractivity contribution in [3.05, 3.63) is 29.8 Å². The number of aliphatic hydroxyl groups excluding tert-OH is 1. The molecule has 1 saturated heterocycles. The van der Waals surface area contributed by atoms with Gasteiger partial charge in [-0.2, -0.15) is 0 Å². The summed E-state index contributed by atoms with van der Waals surface area (Å²) in [7, 11) is 0. The Labute approximate surface area is 109 Å². The van der Waals surface area contributed by atoms with Crippen molar-refractivity contribution in [1.82, 2.24) is 0 Å². The topological polar surface area (TPSA) is 38.7 Å². The summed E-state index contributed by atoms with van der Waals surface area (Å²) in [6, 6.07) is 8.01. The third kappa shape index (κ3) is 4.31. The van der Waals surface area contributed by atoms with Crippen molar-refractivity contribution in [2.24, 2.45) is 5.92 Å². The van der Waals surface area contributed by atoms with Crippen LogP contribution in [-0.4, -0.2) is 31.0 Å². The minimum Gasteiger partial charge on any atom is -0.493 e. The van der Waals surface area contributed by atoms with Gasteiger partial charge in [-0.3, -0.25) is 0 Å². The monoisotopic (exact) mass is 250 g/mol. The van der Waals surface area contributed by atoms with E-state index in [2.05, 4.69) is 0 Å². The van der Waals surface area contributed by atoms with Gasteiger partial charge in [0, 0.05) is 13.2 Å². The van der Waals surface area contributed by atoms with Crippen molar-refractivity contribution in [3.63, 3.8) is 0 Å². The normalized spacial score (nSPS) is 18.6. The zero-order valence-corrected chi connectivity index (χ0v) is 11.0. The van der Waals surface area contributed by atoms with Crippen molar-refractivity contribution in [2.75, 3.05) is 19.8 Å². The zero-order valence-electron chi connectivity index (χ0n) is 11.0. The molecule has 3 nitrogen and oxygen atoms in total. The molecule has 3 heteroatoms. The molecular weight excluding hydrogens is 228 g/mol. The van der Waals surface area contributed by atoms with E-state index < -0.39 is 0 Å². The minimum absolute atomic E-state index is 0.293. The first-order chi connectivity index (χ1) is 8.74. The van der Waals surface area contributed by atoms with Crippen LogP contribution in [0.5, 0.6) is 5.75 Å². The van der Waals surface area contributed by atoms with Crippen molar-refractivity contribution in [1.29, 1.82) is 0 Å². The molecule has 0 amide bonds. The molecule has 1 aromatic rings. The number of hydrogen-bond donors (Lipinski definition) is 1. The molecule has 1 heterocycles. The Kier molecular flexibility index (Phi) is 5.02. The first kappa shape index (κ1) is 13.4. The molecular formula is C15H22O3. The van der Waals surface area contributed by atoms with Crippen LogP contribution in [0.15, 0.2) is 24.3 Å². The second-order valence-electron chi connectivity index (χ2n) is 5.06. The van der Waals surface area contributed by atoms with Gasteiger partial charge in [0.1, 0.15) is 5.75 Å². The van der Waals surface area contributed by atoms with E-state index in [9.17, 15) is 5.11 Å². The molecule has 1 N–H and O–H groups in total. The van der Waals surface area contributed by atoms with Crippen molar-refractivity contribution in [3.8, 4) is 5.75 Å². The maximum absolute atomic E-state index is 9.31. The van der Waals surface area contributed by atoms with E-state index in [0.29, 0.717) is 12.3 Å². The molecule has 1 aliphatic rings. The van der Waals surface area contributed by atoms with Crippen LogP contribution in [0.25, 0.3) is 0 Å². The minimum atomic E-state index is -0.293. The molecule has 0 spiro atoms. The smallest absolute Gasteiger partial charge is 0.119 e. The van der Waals surface area contributed by atoms with Gasteiger partial charge < -0.3 is 14.6 Å². The van der Waals surface area contributed by atoms with Gasteiger partial charge in [-0.1, -0.05) is 12.1 Å². The molecule has 1 aliphatic heterocycles. The molecule has 0 aliphatic carbocycles. The lowest BCUT2D eigenvalue weighted by molar-refractivity contribution is 0.0497. The van der Waals surface area contributed by atoms with Crippen LogP contribution in [0.3, 0.4) is 0 Å². The molecule has 0 bridgehead atoms. The number of aliphatic hydroxyl groups is 1. The van der Waals surface area contributed by atoms with Gasteiger partial charge in [-0.15, -0.1) is 0 Å². The number of rotatable bonds is 5. The summed E-state index contributed by atoms with van der Waals surface area (Å²) in [6.45, 7) is 4.30. The third-order valence-electron chi connectivity index (χ3n) is 3.28. The fraction of sp³-hybridized carbons (Fsp3) is 0.600. The summed E-state index contributed by atoms with van der Waals surface area (Å²) >= 11 is 0. The summed E-state index contributed by atoms with van der Waals surface area (Å²) in [5.74, 6) is 1.53. The highest BCUT2D eigenvalue weighted by atomic mass is 16.5. The highest BCUT2D eigenvalue weighted by Crippen LogP contribution is 2.18. The molecule has 0 saturated carbocycles. The van der Waals surface area contributed by atoms with Gasteiger partial charge in [0.15, 0.2) is 0 Å². The highest BCUT2D eigenvalue weighted by Gasteiger charge is 2.14. The van der Waals surface area contributed by atoms with Crippen LogP contribution in [0, 0.1) is 5.92 Å². The summed E-state index contributed by atoms with van der Waals surface area (Å²) in [4.78, 5) is 0. The van der Waals surface area contributed by atoms with Gasteiger partial charge >= 0.3 is 0 Å². The molecule has 2 rings (SSSR count). The van der Waals surface area contributed by atoms with Crippen LogP contribution < -0.4 is 4.74 Å². The summed E-state index contributed by atoms with van der Waals surface area (Å²) in [6.07, 6.45) is 2.60. The fourth-order valence-corrected chi connectivity index (χ4v) is 2.19. The molecule has 1 aromatic carbocycles. The summed E-state index contributed by atoms with van der Waals surface area (Å²) in [5, 5.41) is 9.31. The van der Waals surface area contributed by atoms with Gasteiger partial charge in [-0.25, -0.2) is 0 Å². The van der Waals surface area contributed by atoms with E-state index in [1.165, 1.54) is 0 Å². The number of ether oxygens (including phenoxy) is 2. The third-order valence-corrected chi connectivity index (χ3v) is 3.28. The van der Waals surface area contributed by atoms with Crippen LogP contribution in [-0.2, 0) is 11.2 Å². The summed E-state index contributed by atoms with van der Waals surface area (Å²) in [5.41, 5.74) is 1.14. The molecule has 100 valence electrons. The molecule has 1 fully saturated rings. The predicted octanol–water partition coefficient (Wildman–Crippen LogP) is 2.42. The first-order valence-corrected chi connectivity index (χ1v) is 6.71. The Bertz CT molecular complexity index is 339. The van der Waals surface area contributed by atoms with E-state index in [-0.39, 0.29) is 6.10 Å². The Balaban J connectivity index is 1.78. The summed E-state index contributed by atoms with van der Waals surface area (Å²) < 4.78 is 11.1. The molecule has 0 radical (unpaired) electrons. The standard InChI is InChI=1S/C15H22O3/c1-12(16)10-13-2-4-15(5-3-13)18-11-14-6-8-17-9-7-14/h2-5,12,14,16H,6-11H2,1H3. The average Bonchev–Trinajstić information content (AvgIpc) is 2.38. The zero-order chi connectivity index (χ0) is 12.8. The van der Waals surface area contributed by atoms with Gasteiger partial charge in [0.05, 0.1) is 12.7 Å². The number of benzene rings is 1. The van der Waals surface area contributed by atoms with E-state index in [1.807, 2.05) is 24.3 Å². The molecule has 1 atom stereocenters. The Morgan fingerprint density at radius 1 is 1.28 bits per heavy atom. The van der Waals surface area contributed by atoms with Crippen molar-refractivity contribution >= 4 is 0 Å². The van der Waals surface area contributed by atoms with Crippen LogP contribution >= 0.6 is 0 Å². The highest BCUT2D eigenvalue weighted by molar-refractivity contribution is 5.27. The Morgan fingerprint density at radius 3 is 2.56 bits per heavy atom. The first-order valence-electron chi connectivity index (χ1n) is 6.71. The lowest BCUT2D eigenvalue weighted by Crippen LogP contribution is -2.21. The molecule has 1 unspecified atom stereocenters.